The average molecular weight is 290 g/mol. The summed E-state index contributed by atoms with van der Waals surface area (Å²) in [7, 11) is 0. The zero-order chi connectivity index (χ0) is 15.0. The molecule has 1 aromatic heterocycles. The van der Waals surface area contributed by atoms with Crippen molar-refractivity contribution in [2.75, 3.05) is 6.54 Å². The number of hydrogen-bond acceptors (Lipinski definition) is 7. The highest BCUT2D eigenvalue weighted by atomic mass is 16.6. The molecule has 1 aliphatic heterocycles. The second kappa shape index (κ2) is 5.23. The molecule has 2 aromatic rings. The van der Waals surface area contributed by atoms with Crippen LogP contribution in [0.5, 0.6) is 0 Å². The van der Waals surface area contributed by atoms with Crippen molar-refractivity contribution >= 4 is 5.69 Å². The van der Waals surface area contributed by atoms with E-state index in [1.165, 1.54) is 12.1 Å². The topological polar surface area (TPSA) is 114 Å². The highest BCUT2D eigenvalue weighted by Crippen LogP contribution is 2.28. The first-order chi connectivity index (χ1) is 10.0. The lowest BCUT2D eigenvalue weighted by molar-refractivity contribution is -0.384. The molecule has 0 bridgehead atoms. The van der Waals surface area contributed by atoms with E-state index in [4.69, 9.17) is 4.52 Å². The number of aromatic nitrogens is 2. The van der Waals surface area contributed by atoms with Crippen LogP contribution in [-0.4, -0.2) is 32.8 Å². The van der Waals surface area contributed by atoms with Crippen molar-refractivity contribution in [3.8, 4) is 11.4 Å². The summed E-state index contributed by atoms with van der Waals surface area (Å²) in [5, 5.41) is 27.3. The minimum atomic E-state index is -0.460. The number of nitro groups is 1. The Hall–Kier alpha value is -2.32. The Morgan fingerprint density at radius 1 is 1.52 bits per heavy atom. The average Bonchev–Trinajstić information content (AvgIpc) is 3.07. The summed E-state index contributed by atoms with van der Waals surface area (Å²) in [4.78, 5) is 14.7. The monoisotopic (exact) mass is 290 g/mol. The lowest BCUT2D eigenvalue weighted by atomic mass is 10.1. The van der Waals surface area contributed by atoms with Crippen LogP contribution >= 0.6 is 0 Å². The molecule has 2 unspecified atom stereocenters. The van der Waals surface area contributed by atoms with Gasteiger partial charge in [-0.3, -0.25) is 10.1 Å². The van der Waals surface area contributed by atoms with E-state index in [9.17, 15) is 15.2 Å². The van der Waals surface area contributed by atoms with Crippen molar-refractivity contribution in [2.45, 2.75) is 25.5 Å². The number of aliphatic hydroxyl groups is 1. The van der Waals surface area contributed by atoms with Crippen molar-refractivity contribution in [3.05, 3.63) is 39.8 Å². The zero-order valence-electron chi connectivity index (χ0n) is 11.3. The van der Waals surface area contributed by atoms with Gasteiger partial charge in [0.15, 0.2) is 0 Å². The number of benzene rings is 1. The van der Waals surface area contributed by atoms with Crippen LogP contribution in [0, 0.1) is 17.0 Å². The van der Waals surface area contributed by atoms with Crippen LogP contribution in [0.3, 0.4) is 0 Å². The number of nitrogens with one attached hydrogen (secondary N) is 1. The molecule has 0 aliphatic carbocycles. The number of non-ortho nitro benzene ring substituents is 1. The molecular formula is C13H14N4O4. The molecule has 0 spiro atoms. The van der Waals surface area contributed by atoms with Gasteiger partial charge < -0.3 is 14.9 Å². The van der Waals surface area contributed by atoms with Gasteiger partial charge in [-0.2, -0.15) is 4.98 Å². The number of nitro benzene ring substituents is 1. The molecule has 1 fully saturated rings. The molecule has 21 heavy (non-hydrogen) atoms. The first-order valence-corrected chi connectivity index (χ1v) is 6.55. The van der Waals surface area contributed by atoms with Gasteiger partial charge in [0, 0.05) is 24.2 Å². The molecule has 0 amide bonds. The minimum absolute atomic E-state index is 0.0173. The third-order valence-corrected chi connectivity index (χ3v) is 3.52. The van der Waals surface area contributed by atoms with Crippen molar-refractivity contribution in [1.29, 1.82) is 0 Å². The number of β-amino-alcohol motifs (C(OH)–C–C–N with tert-alkyl or cyclic N) is 1. The first kappa shape index (κ1) is 13.7. The summed E-state index contributed by atoms with van der Waals surface area (Å²) in [6.45, 7) is 2.31. The minimum Gasteiger partial charge on any atom is -0.392 e. The van der Waals surface area contributed by atoms with Gasteiger partial charge in [0.1, 0.15) is 0 Å². The normalized spacial score (nSPS) is 21.6. The van der Waals surface area contributed by atoms with Crippen LogP contribution in [0.4, 0.5) is 5.69 Å². The standard InChI is InChI=1S/C13H14N4O4/c1-7-2-3-8(17(19)20)4-10(7)12-15-13(21-16-12)11-5-9(18)6-14-11/h2-4,9,11,14,18H,5-6H2,1H3. The smallest absolute Gasteiger partial charge is 0.270 e. The fourth-order valence-electron chi connectivity index (χ4n) is 2.36. The van der Waals surface area contributed by atoms with E-state index in [0.717, 1.165) is 5.56 Å². The first-order valence-electron chi connectivity index (χ1n) is 6.55. The zero-order valence-corrected chi connectivity index (χ0v) is 11.3. The number of nitrogens with zero attached hydrogens (tertiary/aromatic N) is 3. The van der Waals surface area contributed by atoms with E-state index in [1.54, 1.807) is 6.07 Å². The third kappa shape index (κ3) is 2.63. The maximum atomic E-state index is 10.8. The van der Waals surface area contributed by atoms with Crippen LogP contribution in [0.2, 0.25) is 0 Å². The molecule has 1 aromatic carbocycles. The molecule has 2 heterocycles. The molecule has 8 heteroatoms. The molecule has 1 saturated heterocycles. The van der Waals surface area contributed by atoms with E-state index < -0.39 is 11.0 Å². The summed E-state index contributed by atoms with van der Waals surface area (Å²) < 4.78 is 5.20. The molecular weight excluding hydrogens is 276 g/mol. The molecule has 2 N–H and O–H groups in total. The fraction of sp³-hybridized carbons (Fsp3) is 0.385. The summed E-state index contributed by atoms with van der Waals surface area (Å²) in [6, 6.07) is 4.34. The Bertz CT molecular complexity index is 685. The van der Waals surface area contributed by atoms with Crippen molar-refractivity contribution in [1.82, 2.24) is 15.5 Å². The second-order valence-corrected chi connectivity index (χ2v) is 5.06. The molecule has 1 aliphatic rings. The maximum absolute atomic E-state index is 10.8. The Labute approximate surface area is 119 Å². The Balaban J connectivity index is 1.92. The quantitative estimate of drug-likeness (QED) is 0.647. The fourth-order valence-corrected chi connectivity index (χ4v) is 2.36. The largest absolute Gasteiger partial charge is 0.392 e. The molecule has 3 rings (SSSR count). The van der Waals surface area contributed by atoms with Crippen LogP contribution < -0.4 is 5.32 Å². The number of rotatable bonds is 3. The Morgan fingerprint density at radius 3 is 3.00 bits per heavy atom. The molecule has 0 radical (unpaired) electrons. The van der Waals surface area contributed by atoms with Crippen molar-refractivity contribution < 1.29 is 14.6 Å². The van der Waals surface area contributed by atoms with E-state index in [2.05, 4.69) is 15.5 Å². The van der Waals surface area contributed by atoms with Gasteiger partial charge in [-0.15, -0.1) is 0 Å². The third-order valence-electron chi connectivity index (χ3n) is 3.52. The second-order valence-electron chi connectivity index (χ2n) is 5.06. The van der Waals surface area contributed by atoms with Crippen molar-refractivity contribution in [2.24, 2.45) is 0 Å². The maximum Gasteiger partial charge on any atom is 0.270 e. The van der Waals surface area contributed by atoms with Crippen LogP contribution in [-0.2, 0) is 0 Å². The van der Waals surface area contributed by atoms with Gasteiger partial charge in [0.25, 0.3) is 5.69 Å². The van der Waals surface area contributed by atoms with E-state index >= 15 is 0 Å². The Kier molecular flexibility index (Phi) is 3.40. The van der Waals surface area contributed by atoms with Crippen LogP contribution in [0.1, 0.15) is 23.9 Å². The van der Waals surface area contributed by atoms with Gasteiger partial charge in [-0.1, -0.05) is 11.2 Å². The molecule has 8 nitrogen and oxygen atoms in total. The SMILES string of the molecule is Cc1ccc([N+](=O)[O-])cc1-c1noc(C2CC(O)CN2)n1. The van der Waals surface area contributed by atoms with E-state index in [0.29, 0.717) is 30.2 Å². The summed E-state index contributed by atoms with van der Waals surface area (Å²) in [5.74, 6) is 0.696. The highest BCUT2D eigenvalue weighted by Gasteiger charge is 2.28. The van der Waals surface area contributed by atoms with E-state index in [1.807, 2.05) is 6.92 Å². The summed E-state index contributed by atoms with van der Waals surface area (Å²) in [5.41, 5.74) is 1.38. The van der Waals surface area contributed by atoms with Crippen LogP contribution in [0.15, 0.2) is 22.7 Å². The summed E-state index contributed by atoms with van der Waals surface area (Å²) >= 11 is 0. The number of aliphatic hydroxyl groups excluding tert-OH is 1. The van der Waals surface area contributed by atoms with E-state index in [-0.39, 0.29) is 11.7 Å². The number of hydrogen-bond donors (Lipinski definition) is 2. The van der Waals surface area contributed by atoms with Gasteiger partial charge >= 0.3 is 0 Å². The van der Waals surface area contributed by atoms with Gasteiger partial charge in [-0.25, -0.2) is 0 Å². The summed E-state index contributed by atoms with van der Waals surface area (Å²) in [6.07, 6.45) is 0.0835. The van der Waals surface area contributed by atoms with Gasteiger partial charge in [-0.05, 0) is 18.9 Å². The van der Waals surface area contributed by atoms with Crippen LogP contribution in [0.25, 0.3) is 11.4 Å². The predicted molar refractivity (Wildman–Crippen MR) is 72.5 cm³/mol. The van der Waals surface area contributed by atoms with Gasteiger partial charge in [0.2, 0.25) is 11.7 Å². The highest BCUT2D eigenvalue weighted by molar-refractivity contribution is 5.63. The van der Waals surface area contributed by atoms with Crippen molar-refractivity contribution in [3.63, 3.8) is 0 Å². The molecule has 0 saturated carbocycles. The van der Waals surface area contributed by atoms with Gasteiger partial charge in [0.05, 0.1) is 17.1 Å². The molecule has 110 valence electrons. The lowest BCUT2D eigenvalue weighted by Gasteiger charge is -2.02. The molecule has 2 atom stereocenters. The Morgan fingerprint density at radius 2 is 2.33 bits per heavy atom. The predicted octanol–water partition coefficient (Wildman–Crippen LogP) is 1.35. The number of aryl methyl sites for hydroxylation is 1. The lowest BCUT2D eigenvalue weighted by Crippen LogP contribution is -2.15.